The van der Waals surface area contributed by atoms with Crippen LogP contribution < -0.4 is 4.90 Å². The van der Waals surface area contributed by atoms with Crippen LogP contribution in [0.15, 0.2) is 36.4 Å². The second kappa shape index (κ2) is 8.03. The molecule has 2 aromatic carbocycles. The Morgan fingerprint density at radius 1 is 1.03 bits per heavy atom. The summed E-state index contributed by atoms with van der Waals surface area (Å²) in [6.45, 7) is 5.18. The number of amides is 3. The summed E-state index contributed by atoms with van der Waals surface area (Å²) in [7, 11) is 1.64. The van der Waals surface area contributed by atoms with Gasteiger partial charge in [-0.15, -0.1) is 0 Å². The summed E-state index contributed by atoms with van der Waals surface area (Å²) in [5, 5.41) is 0. The van der Waals surface area contributed by atoms with Crippen LogP contribution in [0.2, 0.25) is 0 Å². The van der Waals surface area contributed by atoms with E-state index in [1.807, 2.05) is 32.0 Å². The Kier molecular flexibility index (Phi) is 5.43. The molecule has 0 saturated carbocycles. The fraction of sp³-hybridized carbons (Fsp3) is 0.375. The predicted octanol–water partition coefficient (Wildman–Crippen LogP) is 3.47. The Morgan fingerprint density at radius 2 is 1.70 bits per heavy atom. The predicted molar refractivity (Wildman–Crippen MR) is 114 cm³/mol. The van der Waals surface area contributed by atoms with Crippen molar-refractivity contribution in [3.8, 4) is 0 Å². The molecule has 2 aliphatic rings. The van der Waals surface area contributed by atoms with Gasteiger partial charge < -0.3 is 9.64 Å². The average molecular weight is 406 g/mol. The third-order valence-corrected chi connectivity index (χ3v) is 6.09. The second-order valence-corrected chi connectivity index (χ2v) is 7.74. The third kappa shape index (κ3) is 3.21. The van der Waals surface area contributed by atoms with E-state index < -0.39 is 0 Å². The molecule has 156 valence electrons. The zero-order valence-electron chi connectivity index (χ0n) is 17.6. The smallest absolute Gasteiger partial charge is 0.266 e. The molecule has 1 unspecified atom stereocenters. The molecule has 6 heteroatoms. The minimum atomic E-state index is -0.364. The number of anilines is 1. The molecule has 0 aromatic heterocycles. The highest BCUT2D eigenvalue weighted by atomic mass is 16.5. The number of ether oxygens (including phenoxy) is 1. The lowest BCUT2D eigenvalue weighted by molar-refractivity contribution is 0.0724. The van der Waals surface area contributed by atoms with E-state index in [1.165, 1.54) is 4.90 Å². The number of likely N-dealkylation sites (tertiary alicyclic amines) is 1. The largest absolute Gasteiger partial charge is 0.380 e. The van der Waals surface area contributed by atoms with Gasteiger partial charge in [-0.25, -0.2) is 4.90 Å². The molecule has 1 saturated heterocycles. The molecule has 2 heterocycles. The molecule has 30 heavy (non-hydrogen) atoms. The molecule has 0 radical (unpaired) electrons. The van der Waals surface area contributed by atoms with E-state index in [0.29, 0.717) is 35.5 Å². The van der Waals surface area contributed by atoms with Gasteiger partial charge in [0.05, 0.1) is 22.9 Å². The summed E-state index contributed by atoms with van der Waals surface area (Å²) < 4.78 is 5.34. The van der Waals surface area contributed by atoms with Crippen LogP contribution in [0.25, 0.3) is 0 Å². The molecule has 1 atom stereocenters. The maximum atomic E-state index is 13.3. The number of methoxy groups -OCH3 is 1. The molecule has 4 rings (SSSR count). The fourth-order valence-electron chi connectivity index (χ4n) is 4.37. The zero-order valence-corrected chi connectivity index (χ0v) is 17.6. The first kappa shape index (κ1) is 20.3. The Bertz CT molecular complexity index is 1010. The number of hydrogen-bond donors (Lipinski definition) is 0. The molecular weight excluding hydrogens is 380 g/mol. The van der Waals surface area contributed by atoms with E-state index in [0.717, 1.165) is 30.4 Å². The van der Waals surface area contributed by atoms with Crippen LogP contribution in [0.4, 0.5) is 5.69 Å². The number of imide groups is 1. The molecule has 0 bridgehead atoms. The maximum Gasteiger partial charge on any atom is 0.266 e. The van der Waals surface area contributed by atoms with Crippen molar-refractivity contribution in [2.75, 3.05) is 25.1 Å². The summed E-state index contributed by atoms with van der Waals surface area (Å²) >= 11 is 0. The van der Waals surface area contributed by atoms with Crippen molar-refractivity contribution in [1.82, 2.24) is 4.90 Å². The average Bonchev–Trinajstić information content (AvgIpc) is 3.35. The van der Waals surface area contributed by atoms with Gasteiger partial charge in [0.15, 0.2) is 0 Å². The molecule has 0 spiro atoms. The maximum absolute atomic E-state index is 13.3. The summed E-state index contributed by atoms with van der Waals surface area (Å²) in [5.41, 5.74) is 3.67. The van der Waals surface area contributed by atoms with Gasteiger partial charge in [-0.05, 0) is 48.6 Å². The zero-order chi connectivity index (χ0) is 21.4. The monoisotopic (exact) mass is 406 g/mol. The van der Waals surface area contributed by atoms with Crippen molar-refractivity contribution in [3.05, 3.63) is 64.2 Å². The lowest BCUT2D eigenvalue weighted by Gasteiger charge is -2.21. The van der Waals surface area contributed by atoms with Crippen LogP contribution in [-0.4, -0.2) is 48.9 Å². The van der Waals surface area contributed by atoms with E-state index in [9.17, 15) is 14.4 Å². The van der Waals surface area contributed by atoms with Gasteiger partial charge in [-0.1, -0.05) is 32.0 Å². The lowest BCUT2D eigenvalue weighted by Crippen LogP contribution is -2.31. The van der Waals surface area contributed by atoms with Crippen LogP contribution >= 0.6 is 0 Å². The second-order valence-electron chi connectivity index (χ2n) is 7.74. The number of rotatable bonds is 5. The van der Waals surface area contributed by atoms with E-state index >= 15 is 0 Å². The Balaban J connectivity index is 1.69. The number of aryl methyl sites for hydroxylation is 2. The SMILES string of the molecule is CCc1cccc(CC)c1N1C(=O)c2ccc(C(=O)N3CCC(OC)C3)cc2C1=O. The van der Waals surface area contributed by atoms with Crippen molar-refractivity contribution < 1.29 is 19.1 Å². The minimum Gasteiger partial charge on any atom is -0.380 e. The number of benzene rings is 2. The van der Waals surface area contributed by atoms with Crippen molar-refractivity contribution >= 4 is 23.4 Å². The Hall–Kier alpha value is -2.99. The quantitative estimate of drug-likeness (QED) is 0.713. The molecule has 6 nitrogen and oxygen atoms in total. The molecule has 0 N–H and O–H groups in total. The topological polar surface area (TPSA) is 66.9 Å². The summed E-state index contributed by atoms with van der Waals surface area (Å²) in [5.74, 6) is -0.832. The fourth-order valence-corrected chi connectivity index (χ4v) is 4.37. The Morgan fingerprint density at radius 3 is 2.30 bits per heavy atom. The van der Waals surface area contributed by atoms with Gasteiger partial charge in [0.25, 0.3) is 17.7 Å². The molecule has 1 fully saturated rings. The van der Waals surface area contributed by atoms with E-state index in [4.69, 9.17) is 4.74 Å². The first-order valence-corrected chi connectivity index (χ1v) is 10.5. The van der Waals surface area contributed by atoms with Crippen molar-refractivity contribution in [2.45, 2.75) is 39.2 Å². The molecule has 2 aromatic rings. The highest BCUT2D eigenvalue weighted by molar-refractivity contribution is 6.35. The number of hydrogen-bond acceptors (Lipinski definition) is 4. The van der Waals surface area contributed by atoms with Crippen LogP contribution in [0.1, 0.15) is 62.5 Å². The normalized spacial score (nSPS) is 18.3. The highest BCUT2D eigenvalue weighted by Crippen LogP contribution is 2.34. The van der Waals surface area contributed by atoms with E-state index in [1.54, 1.807) is 30.2 Å². The van der Waals surface area contributed by atoms with Crippen LogP contribution in [-0.2, 0) is 17.6 Å². The van der Waals surface area contributed by atoms with Crippen LogP contribution in [0, 0.1) is 0 Å². The molecular formula is C24H26N2O4. The lowest BCUT2D eigenvalue weighted by atomic mass is 10.0. The van der Waals surface area contributed by atoms with Crippen molar-refractivity contribution in [1.29, 1.82) is 0 Å². The van der Waals surface area contributed by atoms with Gasteiger partial charge in [0.2, 0.25) is 0 Å². The number of fused-ring (bicyclic) bond motifs is 1. The summed E-state index contributed by atoms with van der Waals surface area (Å²) in [6.07, 6.45) is 2.28. The first-order chi connectivity index (χ1) is 14.5. The summed E-state index contributed by atoms with van der Waals surface area (Å²) in [6, 6.07) is 10.7. The van der Waals surface area contributed by atoms with Gasteiger partial charge in [-0.3, -0.25) is 14.4 Å². The number of carbonyl (C=O) groups is 3. The molecule has 2 aliphatic heterocycles. The van der Waals surface area contributed by atoms with Gasteiger partial charge >= 0.3 is 0 Å². The number of nitrogens with zero attached hydrogens (tertiary/aromatic N) is 2. The van der Waals surface area contributed by atoms with Crippen LogP contribution in [0.5, 0.6) is 0 Å². The highest BCUT2D eigenvalue weighted by Gasteiger charge is 2.39. The van der Waals surface area contributed by atoms with Gasteiger partial charge in [0.1, 0.15) is 0 Å². The van der Waals surface area contributed by atoms with E-state index in [2.05, 4.69) is 0 Å². The van der Waals surface area contributed by atoms with Gasteiger partial charge in [0, 0.05) is 25.8 Å². The number of carbonyl (C=O) groups excluding carboxylic acids is 3. The van der Waals surface area contributed by atoms with Crippen molar-refractivity contribution in [2.24, 2.45) is 0 Å². The summed E-state index contributed by atoms with van der Waals surface area (Å²) in [4.78, 5) is 42.4. The van der Waals surface area contributed by atoms with Crippen LogP contribution in [0.3, 0.4) is 0 Å². The minimum absolute atomic E-state index is 0.0417. The van der Waals surface area contributed by atoms with Crippen molar-refractivity contribution in [3.63, 3.8) is 0 Å². The molecule has 3 amide bonds. The Labute approximate surface area is 176 Å². The van der Waals surface area contributed by atoms with E-state index in [-0.39, 0.29) is 23.8 Å². The standard InChI is InChI=1S/C24H26N2O4/c1-4-15-7-6-8-16(5-2)21(15)26-23(28)19-10-9-17(13-20(19)24(26)29)22(27)25-12-11-18(14-25)30-3/h6-10,13,18H,4-5,11-12,14H2,1-3H3. The molecule has 0 aliphatic carbocycles. The van der Waals surface area contributed by atoms with Gasteiger partial charge in [-0.2, -0.15) is 0 Å². The third-order valence-electron chi connectivity index (χ3n) is 6.09. The number of para-hydroxylation sites is 1. The first-order valence-electron chi connectivity index (χ1n) is 10.5.